The number of nitrogens with two attached hydrogens (primary N) is 1. The van der Waals surface area contributed by atoms with Crippen LogP contribution in [0.5, 0.6) is 0 Å². The minimum atomic E-state index is -1.18. The molecule has 6 nitrogen and oxygen atoms in total. The number of carbonyl (C=O) groups is 3. The molecule has 0 aromatic heterocycles. The fraction of sp³-hybridized carbons (Fsp3) is 0.308. The van der Waals surface area contributed by atoms with Crippen molar-refractivity contribution in [1.82, 2.24) is 0 Å². The van der Waals surface area contributed by atoms with Crippen molar-refractivity contribution in [1.29, 1.82) is 0 Å². The maximum atomic E-state index is 11.7. The Kier molecular flexibility index (Phi) is 5.74. The summed E-state index contributed by atoms with van der Waals surface area (Å²) in [7, 11) is 0. The maximum absolute atomic E-state index is 11.7. The molecule has 0 bridgehead atoms. The third-order valence-electron chi connectivity index (χ3n) is 3.03. The Morgan fingerprint density at radius 1 is 1.20 bits per heavy atom. The predicted octanol–water partition coefficient (Wildman–Crippen LogP) is -3.96. The molecule has 7 heteroatoms. The van der Waals surface area contributed by atoms with E-state index in [0.29, 0.717) is 12.1 Å². The summed E-state index contributed by atoms with van der Waals surface area (Å²) in [5.41, 5.74) is 6.38. The van der Waals surface area contributed by atoms with Crippen molar-refractivity contribution in [3.8, 4) is 0 Å². The van der Waals surface area contributed by atoms with Crippen LogP contribution in [0.15, 0.2) is 24.3 Å². The van der Waals surface area contributed by atoms with Gasteiger partial charge in [-0.05, 0) is 24.1 Å². The van der Waals surface area contributed by atoms with Crippen LogP contribution < -0.4 is 45.7 Å². The summed E-state index contributed by atoms with van der Waals surface area (Å²) in [6.45, 7) is 0. The van der Waals surface area contributed by atoms with Gasteiger partial charge in [0, 0.05) is 23.5 Å². The van der Waals surface area contributed by atoms with E-state index < -0.39 is 23.7 Å². The smallest absolute Gasteiger partial charge is 0.550 e. The Morgan fingerprint density at radius 2 is 1.80 bits per heavy atom. The topological polar surface area (TPSA) is 112 Å². The normalized spacial score (nSPS) is 19.6. The number of amides is 2. The minimum Gasteiger partial charge on any atom is -0.550 e. The van der Waals surface area contributed by atoms with Gasteiger partial charge in [-0.25, -0.2) is 0 Å². The van der Waals surface area contributed by atoms with Gasteiger partial charge >= 0.3 is 29.6 Å². The van der Waals surface area contributed by atoms with Crippen molar-refractivity contribution >= 4 is 23.5 Å². The van der Waals surface area contributed by atoms with E-state index in [2.05, 4.69) is 5.32 Å². The van der Waals surface area contributed by atoms with Gasteiger partial charge in [0.05, 0.1) is 6.42 Å². The summed E-state index contributed by atoms with van der Waals surface area (Å²) in [6, 6.07) is 6.66. The summed E-state index contributed by atoms with van der Waals surface area (Å²) in [5.74, 6) is -3.11. The van der Waals surface area contributed by atoms with E-state index >= 15 is 0 Å². The van der Waals surface area contributed by atoms with Crippen molar-refractivity contribution in [2.24, 2.45) is 17.6 Å². The predicted molar refractivity (Wildman–Crippen MR) is 64.6 cm³/mol. The molecule has 1 aliphatic rings. The molecule has 1 aromatic rings. The van der Waals surface area contributed by atoms with Crippen molar-refractivity contribution in [2.45, 2.75) is 12.8 Å². The summed E-state index contributed by atoms with van der Waals surface area (Å²) in [6.07, 6.45) is 0.470. The zero-order valence-corrected chi connectivity index (χ0v) is 13.1. The van der Waals surface area contributed by atoms with Gasteiger partial charge in [-0.2, -0.15) is 0 Å². The first-order valence-corrected chi connectivity index (χ1v) is 5.86. The summed E-state index contributed by atoms with van der Waals surface area (Å²) >= 11 is 0. The standard InChI is InChI=1S/C13H14N2O4.Na/c14-11(16)5-7-1-3-8(4-2-7)15-12(17)9-6-10(9)13(18)19;/h1-4,9-10H,5-6H2,(H2,14,16)(H,15,17)(H,18,19);/q;+1/p-1/t9-,10+;/m1./s1. The molecule has 2 amide bonds. The molecule has 0 radical (unpaired) electrons. The summed E-state index contributed by atoms with van der Waals surface area (Å²) in [4.78, 5) is 32.9. The molecule has 0 unspecified atom stereocenters. The Morgan fingerprint density at radius 3 is 2.25 bits per heavy atom. The van der Waals surface area contributed by atoms with Crippen LogP contribution in [0.1, 0.15) is 12.0 Å². The second-order valence-corrected chi connectivity index (χ2v) is 4.60. The minimum absolute atomic E-state index is 0. The number of aliphatic carboxylic acids is 1. The fourth-order valence-corrected chi connectivity index (χ4v) is 1.89. The van der Waals surface area contributed by atoms with Gasteiger partial charge < -0.3 is 21.0 Å². The van der Waals surface area contributed by atoms with Crippen molar-refractivity contribution in [2.75, 3.05) is 5.32 Å². The molecule has 0 heterocycles. The van der Waals surface area contributed by atoms with Gasteiger partial charge in [-0.1, -0.05) is 12.1 Å². The monoisotopic (exact) mass is 284 g/mol. The van der Waals surface area contributed by atoms with Crippen LogP contribution in [0.4, 0.5) is 5.69 Å². The largest absolute Gasteiger partial charge is 1.00 e. The van der Waals surface area contributed by atoms with Crippen LogP contribution in [0, 0.1) is 11.8 Å². The number of anilines is 1. The van der Waals surface area contributed by atoms with Crippen molar-refractivity contribution in [3.63, 3.8) is 0 Å². The molecule has 1 fully saturated rings. The van der Waals surface area contributed by atoms with Crippen LogP contribution in [-0.4, -0.2) is 17.8 Å². The first kappa shape index (κ1) is 16.7. The van der Waals surface area contributed by atoms with Gasteiger partial charge in [0.15, 0.2) is 0 Å². The average Bonchev–Trinajstić information content (AvgIpc) is 3.11. The molecular formula is C13H13N2NaO4. The molecule has 1 aliphatic carbocycles. The Hall–Kier alpha value is -1.37. The van der Waals surface area contributed by atoms with Crippen molar-refractivity contribution in [3.05, 3.63) is 29.8 Å². The van der Waals surface area contributed by atoms with Crippen molar-refractivity contribution < 1.29 is 49.0 Å². The van der Waals surface area contributed by atoms with Crippen LogP contribution in [-0.2, 0) is 20.8 Å². The number of hydrogen-bond donors (Lipinski definition) is 2. The van der Waals surface area contributed by atoms with E-state index in [1.54, 1.807) is 24.3 Å². The van der Waals surface area contributed by atoms with Crippen LogP contribution in [0.25, 0.3) is 0 Å². The number of benzene rings is 1. The second kappa shape index (κ2) is 6.88. The molecule has 2 rings (SSSR count). The number of hydrogen-bond acceptors (Lipinski definition) is 4. The molecule has 1 aromatic carbocycles. The van der Waals surface area contributed by atoms with Gasteiger partial charge in [0.2, 0.25) is 11.8 Å². The van der Waals surface area contributed by atoms with E-state index in [4.69, 9.17) is 5.73 Å². The van der Waals surface area contributed by atoms with E-state index in [9.17, 15) is 19.5 Å². The van der Waals surface area contributed by atoms with E-state index in [1.807, 2.05) is 0 Å². The van der Waals surface area contributed by atoms with Crippen LogP contribution in [0.3, 0.4) is 0 Å². The number of carboxylic acid groups (broad SMARTS) is 1. The fourth-order valence-electron chi connectivity index (χ4n) is 1.89. The van der Waals surface area contributed by atoms with E-state index in [0.717, 1.165) is 5.56 Å². The molecule has 1 saturated carbocycles. The first-order chi connectivity index (χ1) is 8.97. The van der Waals surface area contributed by atoms with E-state index in [-0.39, 0.29) is 41.9 Å². The zero-order chi connectivity index (χ0) is 14.0. The number of carboxylic acids is 1. The van der Waals surface area contributed by atoms with Gasteiger partial charge in [-0.15, -0.1) is 0 Å². The zero-order valence-electron chi connectivity index (χ0n) is 11.1. The third kappa shape index (κ3) is 4.33. The molecule has 0 spiro atoms. The average molecular weight is 284 g/mol. The SMILES string of the molecule is NC(=O)Cc1ccc(NC(=O)[C@@H]2C[C@@H]2C(=O)[O-])cc1.[Na+]. The third-order valence-corrected chi connectivity index (χ3v) is 3.03. The molecule has 2 atom stereocenters. The number of rotatable bonds is 5. The maximum Gasteiger partial charge on any atom is 1.00 e. The van der Waals surface area contributed by atoms with Gasteiger partial charge in [0.1, 0.15) is 0 Å². The number of nitrogens with one attached hydrogen (secondary N) is 1. The van der Waals surface area contributed by atoms with Gasteiger partial charge in [-0.3, -0.25) is 9.59 Å². The van der Waals surface area contributed by atoms with Crippen LogP contribution >= 0.6 is 0 Å². The molecule has 20 heavy (non-hydrogen) atoms. The second-order valence-electron chi connectivity index (χ2n) is 4.60. The number of primary amides is 1. The Bertz CT molecular complexity index is 530. The molecule has 3 N–H and O–H groups in total. The van der Waals surface area contributed by atoms with Crippen LogP contribution in [0.2, 0.25) is 0 Å². The first-order valence-electron chi connectivity index (χ1n) is 5.86. The molecular weight excluding hydrogens is 271 g/mol. The molecule has 0 saturated heterocycles. The Balaban J connectivity index is 0.00000200. The summed E-state index contributed by atoms with van der Waals surface area (Å²) < 4.78 is 0. The molecule has 100 valence electrons. The quantitative estimate of drug-likeness (QED) is 0.537. The Labute approximate surface area is 138 Å². The van der Waals surface area contributed by atoms with E-state index in [1.165, 1.54) is 0 Å². The number of carbonyl (C=O) groups excluding carboxylic acids is 3. The molecule has 0 aliphatic heterocycles. The van der Waals surface area contributed by atoms with Gasteiger partial charge in [0.25, 0.3) is 0 Å². The summed E-state index contributed by atoms with van der Waals surface area (Å²) in [5, 5.41) is 13.2.